The van der Waals surface area contributed by atoms with Crippen LogP contribution in [0.15, 0.2) is 36.7 Å². The third-order valence-corrected chi connectivity index (χ3v) is 4.76. The molecule has 25 heavy (non-hydrogen) atoms. The second-order valence-electron chi connectivity index (χ2n) is 6.99. The Bertz CT molecular complexity index is 693. The average Bonchev–Trinajstić information content (AvgIpc) is 3.05. The smallest absolute Gasteiger partial charge is 0.222 e. The van der Waals surface area contributed by atoms with E-state index in [4.69, 9.17) is 4.74 Å². The van der Waals surface area contributed by atoms with Crippen molar-refractivity contribution < 1.29 is 9.53 Å². The van der Waals surface area contributed by atoms with Crippen LogP contribution in [0.5, 0.6) is 5.75 Å². The molecule has 1 fully saturated rings. The van der Waals surface area contributed by atoms with Crippen LogP contribution in [0.25, 0.3) is 0 Å². The minimum Gasteiger partial charge on any atom is -0.493 e. The molecule has 1 aliphatic heterocycles. The maximum absolute atomic E-state index is 12.5. The van der Waals surface area contributed by atoms with Crippen LogP contribution in [0.2, 0.25) is 0 Å². The summed E-state index contributed by atoms with van der Waals surface area (Å²) in [5, 5.41) is 4.15. The standard InChI is InChI=1S/C20H27N3O2/c1-16-5-8-19(9-6-16)25-15-18-4-3-11-23(14-18)20(24)10-7-17-12-21-22(2)13-17/h5-6,8-9,12-13,18H,3-4,7,10-11,14-15H2,1-2H3/t18-/m1/s1. The molecule has 1 saturated heterocycles. The lowest BCUT2D eigenvalue weighted by molar-refractivity contribution is -0.133. The number of aryl methyl sites for hydroxylation is 3. The Hall–Kier alpha value is -2.30. The number of hydrogen-bond donors (Lipinski definition) is 0. The first-order chi connectivity index (χ1) is 12.1. The normalized spacial score (nSPS) is 17.5. The minimum absolute atomic E-state index is 0.240. The highest BCUT2D eigenvalue weighted by Gasteiger charge is 2.24. The largest absolute Gasteiger partial charge is 0.493 e. The molecule has 1 amide bonds. The van der Waals surface area contributed by atoms with Crippen molar-refractivity contribution in [3.8, 4) is 5.75 Å². The van der Waals surface area contributed by atoms with Gasteiger partial charge in [0, 0.05) is 38.7 Å². The lowest BCUT2D eigenvalue weighted by Crippen LogP contribution is -2.41. The number of likely N-dealkylation sites (tertiary alicyclic amines) is 1. The van der Waals surface area contributed by atoms with Crippen molar-refractivity contribution in [1.29, 1.82) is 0 Å². The molecular weight excluding hydrogens is 314 g/mol. The van der Waals surface area contributed by atoms with Crippen LogP contribution in [0.1, 0.15) is 30.4 Å². The van der Waals surface area contributed by atoms with E-state index in [2.05, 4.69) is 24.2 Å². The number of hydrogen-bond acceptors (Lipinski definition) is 3. The molecule has 0 aliphatic carbocycles. The Morgan fingerprint density at radius 1 is 1.32 bits per heavy atom. The van der Waals surface area contributed by atoms with Gasteiger partial charge in [-0.05, 0) is 43.9 Å². The summed E-state index contributed by atoms with van der Waals surface area (Å²) in [5.41, 5.74) is 2.35. The van der Waals surface area contributed by atoms with E-state index in [9.17, 15) is 4.79 Å². The van der Waals surface area contributed by atoms with Crippen LogP contribution in [-0.2, 0) is 18.3 Å². The molecule has 1 atom stereocenters. The Morgan fingerprint density at radius 3 is 2.84 bits per heavy atom. The molecule has 0 bridgehead atoms. The fourth-order valence-corrected chi connectivity index (χ4v) is 3.29. The Morgan fingerprint density at radius 2 is 2.12 bits per heavy atom. The molecule has 0 N–H and O–H groups in total. The zero-order chi connectivity index (χ0) is 17.6. The number of nitrogens with zero attached hydrogens (tertiary/aromatic N) is 3. The molecule has 0 spiro atoms. The number of rotatable bonds is 6. The van der Waals surface area contributed by atoms with Gasteiger partial charge in [0.2, 0.25) is 5.91 Å². The number of amides is 1. The third kappa shape index (κ3) is 5.08. The van der Waals surface area contributed by atoms with Crippen LogP contribution in [0, 0.1) is 12.8 Å². The zero-order valence-electron chi connectivity index (χ0n) is 15.1. The summed E-state index contributed by atoms with van der Waals surface area (Å²) in [4.78, 5) is 14.5. The number of ether oxygens (including phenoxy) is 1. The fraction of sp³-hybridized carbons (Fsp3) is 0.500. The van der Waals surface area contributed by atoms with Gasteiger partial charge in [0.05, 0.1) is 12.8 Å². The molecule has 2 heterocycles. The van der Waals surface area contributed by atoms with E-state index in [1.54, 1.807) is 4.68 Å². The molecule has 0 unspecified atom stereocenters. The van der Waals surface area contributed by atoms with Crippen LogP contribution in [0.4, 0.5) is 0 Å². The first kappa shape index (κ1) is 17.5. The Labute approximate surface area is 149 Å². The van der Waals surface area contributed by atoms with Crippen molar-refractivity contribution >= 4 is 5.91 Å². The lowest BCUT2D eigenvalue weighted by Gasteiger charge is -2.32. The maximum Gasteiger partial charge on any atom is 0.222 e. The quantitative estimate of drug-likeness (QED) is 0.811. The van der Waals surface area contributed by atoms with E-state index in [0.29, 0.717) is 18.9 Å². The topological polar surface area (TPSA) is 47.4 Å². The molecular formula is C20H27N3O2. The van der Waals surface area contributed by atoms with Gasteiger partial charge in [0.15, 0.2) is 0 Å². The van der Waals surface area contributed by atoms with E-state index < -0.39 is 0 Å². The highest BCUT2D eigenvalue weighted by Crippen LogP contribution is 2.20. The third-order valence-electron chi connectivity index (χ3n) is 4.76. The molecule has 5 heteroatoms. The molecule has 134 valence electrons. The number of carbonyl (C=O) groups is 1. The van der Waals surface area contributed by atoms with Gasteiger partial charge in [-0.15, -0.1) is 0 Å². The van der Waals surface area contributed by atoms with E-state index in [-0.39, 0.29) is 5.91 Å². The predicted octanol–water partition coefficient (Wildman–Crippen LogP) is 2.98. The SMILES string of the molecule is Cc1ccc(OC[C@@H]2CCCN(C(=O)CCc3cnn(C)c3)C2)cc1. The summed E-state index contributed by atoms with van der Waals surface area (Å²) in [5.74, 6) is 1.56. The van der Waals surface area contributed by atoms with Gasteiger partial charge in [-0.1, -0.05) is 17.7 Å². The molecule has 2 aromatic rings. The monoisotopic (exact) mass is 341 g/mol. The average molecular weight is 341 g/mol. The molecule has 1 aliphatic rings. The number of piperidine rings is 1. The van der Waals surface area contributed by atoms with Gasteiger partial charge in [-0.3, -0.25) is 9.48 Å². The summed E-state index contributed by atoms with van der Waals surface area (Å²) in [6.07, 6.45) is 7.30. The van der Waals surface area contributed by atoms with Crippen molar-refractivity contribution in [2.24, 2.45) is 13.0 Å². The summed E-state index contributed by atoms with van der Waals surface area (Å²) >= 11 is 0. The highest BCUT2D eigenvalue weighted by atomic mass is 16.5. The van der Waals surface area contributed by atoms with E-state index in [0.717, 1.165) is 43.7 Å². The van der Waals surface area contributed by atoms with Crippen LogP contribution in [0.3, 0.4) is 0 Å². The first-order valence-corrected chi connectivity index (χ1v) is 9.05. The summed E-state index contributed by atoms with van der Waals surface area (Å²) < 4.78 is 7.69. The predicted molar refractivity (Wildman–Crippen MR) is 97.5 cm³/mol. The molecule has 0 radical (unpaired) electrons. The molecule has 0 saturated carbocycles. The van der Waals surface area contributed by atoms with Gasteiger partial charge < -0.3 is 9.64 Å². The summed E-state index contributed by atoms with van der Waals surface area (Å²) in [6.45, 7) is 4.42. The lowest BCUT2D eigenvalue weighted by atomic mass is 9.98. The van der Waals surface area contributed by atoms with E-state index in [1.165, 1.54) is 5.56 Å². The first-order valence-electron chi connectivity index (χ1n) is 9.05. The minimum atomic E-state index is 0.240. The van der Waals surface area contributed by atoms with Crippen LogP contribution < -0.4 is 4.74 Å². The maximum atomic E-state index is 12.5. The van der Waals surface area contributed by atoms with E-state index >= 15 is 0 Å². The van der Waals surface area contributed by atoms with Crippen molar-refractivity contribution in [1.82, 2.24) is 14.7 Å². The summed E-state index contributed by atoms with van der Waals surface area (Å²) in [6, 6.07) is 8.14. The van der Waals surface area contributed by atoms with Gasteiger partial charge in [0.25, 0.3) is 0 Å². The number of benzene rings is 1. The second-order valence-corrected chi connectivity index (χ2v) is 6.99. The molecule has 3 rings (SSSR count). The molecule has 1 aromatic heterocycles. The van der Waals surface area contributed by atoms with Gasteiger partial charge in [-0.25, -0.2) is 0 Å². The zero-order valence-corrected chi connectivity index (χ0v) is 15.1. The van der Waals surface area contributed by atoms with Crippen molar-refractivity contribution in [3.05, 3.63) is 47.8 Å². The Balaban J connectivity index is 1.45. The fourth-order valence-electron chi connectivity index (χ4n) is 3.29. The highest BCUT2D eigenvalue weighted by molar-refractivity contribution is 5.76. The van der Waals surface area contributed by atoms with Crippen LogP contribution in [-0.4, -0.2) is 40.3 Å². The molecule has 1 aromatic carbocycles. The van der Waals surface area contributed by atoms with Crippen molar-refractivity contribution in [2.75, 3.05) is 19.7 Å². The van der Waals surface area contributed by atoms with E-state index in [1.807, 2.05) is 36.5 Å². The van der Waals surface area contributed by atoms with Gasteiger partial charge in [-0.2, -0.15) is 5.10 Å². The Kier molecular flexibility index (Phi) is 5.74. The van der Waals surface area contributed by atoms with Gasteiger partial charge in [0.1, 0.15) is 5.75 Å². The van der Waals surface area contributed by atoms with Gasteiger partial charge >= 0.3 is 0 Å². The van der Waals surface area contributed by atoms with Crippen molar-refractivity contribution in [2.45, 2.75) is 32.6 Å². The number of aromatic nitrogens is 2. The number of carbonyl (C=O) groups excluding carboxylic acids is 1. The summed E-state index contributed by atoms with van der Waals surface area (Å²) in [7, 11) is 1.90. The van der Waals surface area contributed by atoms with Crippen LogP contribution >= 0.6 is 0 Å². The van der Waals surface area contributed by atoms with Crippen molar-refractivity contribution in [3.63, 3.8) is 0 Å². The molecule has 5 nitrogen and oxygen atoms in total. The second kappa shape index (κ2) is 8.19.